The van der Waals surface area contributed by atoms with Gasteiger partial charge in [-0.05, 0) is 24.3 Å². The number of fused-ring (bicyclic) bond motifs is 2. The molecular formula is C12H6F2O2. The predicted molar refractivity (Wildman–Crippen MR) is 52.9 cm³/mol. The van der Waals surface area contributed by atoms with Crippen molar-refractivity contribution in [3.8, 4) is 23.0 Å². The quantitative estimate of drug-likeness (QED) is 0.572. The molecule has 0 unspecified atom stereocenters. The van der Waals surface area contributed by atoms with E-state index >= 15 is 0 Å². The van der Waals surface area contributed by atoms with E-state index < -0.39 is 11.6 Å². The van der Waals surface area contributed by atoms with Crippen molar-refractivity contribution in [1.29, 1.82) is 0 Å². The van der Waals surface area contributed by atoms with Gasteiger partial charge >= 0.3 is 0 Å². The fourth-order valence-corrected chi connectivity index (χ4v) is 1.56. The summed E-state index contributed by atoms with van der Waals surface area (Å²) >= 11 is 0. The van der Waals surface area contributed by atoms with Crippen LogP contribution in [0.3, 0.4) is 0 Å². The standard InChI is InChI=1S/C12H6F2O2/c13-7-3-1-5-9-11(7)16-10-6-2-4-8(14)12(10)15-9/h1-6H. The molecule has 0 N–H and O–H groups in total. The first-order valence-electron chi connectivity index (χ1n) is 4.68. The number of rotatable bonds is 0. The Bertz CT molecular complexity index is 515. The zero-order valence-electron chi connectivity index (χ0n) is 8.04. The largest absolute Gasteiger partial charge is 0.446 e. The van der Waals surface area contributed by atoms with E-state index in [1.807, 2.05) is 0 Å². The van der Waals surface area contributed by atoms with E-state index in [-0.39, 0.29) is 23.0 Å². The molecule has 16 heavy (non-hydrogen) atoms. The maximum absolute atomic E-state index is 13.4. The summed E-state index contributed by atoms with van der Waals surface area (Å²) < 4.78 is 37.2. The summed E-state index contributed by atoms with van der Waals surface area (Å²) in [5.41, 5.74) is 0. The molecule has 1 aliphatic heterocycles. The normalized spacial score (nSPS) is 12.1. The highest BCUT2D eigenvalue weighted by Crippen LogP contribution is 2.47. The van der Waals surface area contributed by atoms with E-state index in [0.717, 1.165) is 0 Å². The summed E-state index contributed by atoms with van der Waals surface area (Å²) in [5.74, 6) is -0.740. The first-order chi connectivity index (χ1) is 7.75. The summed E-state index contributed by atoms with van der Waals surface area (Å²) in [6.07, 6.45) is 0. The Hall–Kier alpha value is -2.10. The number of hydrogen-bond acceptors (Lipinski definition) is 2. The molecular weight excluding hydrogens is 214 g/mol. The van der Waals surface area contributed by atoms with Crippen molar-refractivity contribution in [2.45, 2.75) is 0 Å². The zero-order valence-corrected chi connectivity index (χ0v) is 8.04. The van der Waals surface area contributed by atoms with Gasteiger partial charge in [0.15, 0.2) is 23.1 Å². The van der Waals surface area contributed by atoms with E-state index in [1.165, 1.54) is 36.4 Å². The first-order valence-corrected chi connectivity index (χ1v) is 4.68. The minimum absolute atomic E-state index is 0.0133. The molecule has 0 fully saturated rings. The fourth-order valence-electron chi connectivity index (χ4n) is 1.56. The summed E-state index contributed by atoms with van der Waals surface area (Å²) in [6.45, 7) is 0. The van der Waals surface area contributed by atoms with Crippen LogP contribution in [0, 0.1) is 11.6 Å². The summed E-state index contributed by atoms with van der Waals surface area (Å²) in [6, 6.07) is 8.51. The number of halogens is 2. The Morgan fingerprint density at radius 1 is 0.688 bits per heavy atom. The summed E-state index contributed by atoms with van der Waals surface area (Å²) in [7, 11) is 0. The highest BCUT2D eigenvalue weighted by Gasteiger charge is 2.23. The molecule has 0 aromatic heterocycles. The van der Waals surface area contributed by atoms with Crippen LogP contribution in [-0.2, 0) is 0 Å². The zero-order chi connectivity index (χ0) is 11.1. The molecule has 2 aromatic rings. The second kappa shape index (κ2) is 3.20. The highest BCUT2D eigenvalue weighted by atomic mass is 19.1. The topological polar surface area (TPSA) is 18.5 Å². The van der Waals surface area contributed by atoms with Gasteiger partial charge in [-0.2, -0.15) is 0 Å². The molecule has 0 bridgehead atoms. The van der Waals surface area contributed by atoms with Crippen LogP contribution in [0.1, 0.15) is 0 Å². The minimum atomic E-state index is -0.535. The third kappa shape index (κ3) is 1.23. The maximum atomic E-state index is 13.4. The Labute approximate surface area is 90.0 Å². The highest BCUT2D eigenvalue weighted by molar-refractivity contribution is 5.55. The van der Waals surface area contributed by atoms with Crippen LogP contribution in [0.2, 0.25) is 0 Å². The molecule has 0 aliphatic carbocycles. The Balaban J connectivity index is 2.17. The maximum Gasteiger partial charge on any atom is 0.205 e. The van der Waals surface area contributed by atoms with Crippen molar-refractivity contribution in [2.24, 2.45) is 0 Å². The van der Waals surface area contributed by atoms with E-state index in [9.17, 15) is 8.78 Å². The third-order valence-electron chi connectivity index (χ3n) is 2.29. The van der Waals surface area contributed by atoms with Crippen molar-refractivity contribution >= 4 is 0 Å². The molecule has 1 aliphatic rings. The average Bonchev–Trinajstić information content (AvgIpc) is 2.29. The van der Waals surface area contributed by atoms with Gasteiger partial charge in [0, 0.05) is 0 Å². The second-order valence-electron chi connectivity index (χ2n) is 3.34. The van der Waals surface area contributed by atoms with E-state index in [4.69, 9.17) is 9.47 Å². The van der Waals surface area contributed by atoms with Gasteiger partial charge in [0.2, 0.25) is 11.5 Å². The molecule has 4 heteroatoms. The number of ether oxygens (including phenoxy) is 2. The smallest absolute Gasteiger partial charge is 0.205 e. The first kappa shape index (κ1) is 9.15. The van der Waals surface area contributed by atoms with E-state index in [2.05, 4.69) is 0 Å². The lowest BCUT2D eigenvalue weighted by Crippen LogP contribution is -2.02. The molecule has 0 radical (unpaired) electrons. The fraction of sp³-hybridized carbons (Fsp3) is 0. The minimum Gasteiger partial charge on any atom is -0.446 e. The Morgan fingerprint density at radius 2 is 1.12 bits per heavy atom. The monoisotopic (exact) mass is 220 g/mol. The molecule has 0 atom stereocenters. The lowest BCUT2D eigenvalue weighted by molar-refractivity contribution is 0.328. The molecule has 0 amide bonds. The number of hydrogen-bond donors (Lipinski definition) is 0. The van der Waals surface area contributed by atoms with Crippen LogP contribution in [0.5, 0.6) is 23.0 Å². The van der Waals surface area contributed by atoms with E-state index in [1.54, 1.807) is 0 Å². The number of para-hydroxylation sites is 2. The molecule has 1 heterocycles. The van der Waals surface area contributed by atoms with E-state index in [0.29, 0.717) is 0 Å². The van der Waals surface area contributed by atoms with Crippen LogP contribution >= 0.6 is 0 Å². The van der Waals surface area contributed by atoms with Crippen LogP contribution in [0.15, 0.2) is 36.4 Å². The van der Waals surface area contributed by atoms with Gasteiger partial charge in [-0.25, -0.2) is 8.78 Å². The third-order valence-corrected chi connectivity index (χ3v) is 2.29. The second-order valence-corrected chi connectivity index (χ2v) is 3.34. The molecule has 80 valence electrons. The molecule has 0 saturated carbocycles. The molecule has 2 nitrogen and oxygen atoms in total. The molecule has 3 rings (SSSR count). The SMILES string of the molecule is Fc1cccc2c1Oc1cccc(F)c1O2. The van der Waals surface area contributed by atoms with Crippen LogP contribution in [-0.4, -0.2) is 0 Å². The summed E-state index contributed by atoms with van der Waals surface area (Å²) in [4.78, 5) is 0. The molecule has 0 spiro atoms. The van der Waals surface area contributed by atoms with Crippen molar-refractivity contribution < 1.29 is 18.3 Å². The lowest BCUT2D eigenvalue weighted by atomic mass is 10.2. The molecule has 0 saturated heterocycles. The Morgan fingerprint density at radius 3 is 1.56 bits per heavy atom. The van der Waals surface area contributed by atoms with Gasteiger partial charge in [-0.15, -0.1) is 0 Å². The average molecular weight is 220 g/mol. The van der Waals surface area contributed by atoms with Gasteiger partial charge in [0.05, 0.1) is 0 Å². The van der Waals surface area contributed by atoms with Crippen molar-refractivity contribution in [1.82, 2.24) is 0 Å². The van der Waals surface area contributed by atoms with Gasteiger partial charge in [0.1, 0.15) is 0 Å². The van der Waals surface area contributed by atoms with Crippen LogP contribution in [0.4, 0.5) is 8.78 Å². The van der Waals surface area contributed by atoms with Crippen molar-refractivity contribution in [3.63, 3.8) is 0 Å². The van der Waals surface area contributed by atoms with Gasteiger partial charge in [-0.3, -0.25) is 0 Å². The van der Waals surface area contributed by atoms with Crippen LogP contribution in [0.25, 0.3) is 0 Å². The van der Waals surface area contributed by atoms with Gasteiger partial charge in [-0.1, -0.05) is 12.1 Å². The Kier molecular flexibility index (Phi) is 1.83. The summed E-state index contributed by atoms with van der Waals surface area (Å²) in [5, 5.41) is 0. The predicted octanol–water partition coefficient (Wildman–Crippen LogP) is 3.86. The lowest BCUT2D eigenvalue weighted by Gasteiger charge is -2.20. The van der Waals surface area contributed by atoms with Gasteiger partial charge < -0.3 is 9.47 Å². The van der Waals surface area contributed by atoms with Gasteiger partial charge in [0.25, 0.3) is 0 Å². The van der Waals surface area contributed by atoms with Crippen molar-refractivity contribution in [3.05, 3.63) is 48.0 Å². The molecule has 2 aromatic carbocycles. The van der Waals surface area contributed by atoms with Crippen molar-refractivity contribution in [2.75, 3.05) is 0 Å². The van der Waals surface area contributed by atoms with Crippen LogP contribution < -0.4 is 9.47 Å². The number of benzene rings is 2.